The van der Waals surface area contributed by atoms with E-state index in [0.717, 1.165) is 22.4 Å². The molecule has 29 heavy (non-hydrogen) atoms. The number of nitrogens with zero attached hydrogens (tertiary/aromatic N) is 2. The van der Waals surface area contributed by atoms with E-state index in [1.165, 1.54) is 19.5 Å². The van der Waals surface area contributed by atoms with Crippen LogP contribution >= 0.6 is 0 Å². The Labute approximate surface area is 167 Å². The van der Waals surface area contributed by atoms with Crippen molar-refractivity contribution < 1.29 is 19.1 Å². The van der Waals surface area contributed by atoms with Crippen LogP contribution < -0.4 is 10.1 Å². The number of amides is 1. The quantitative estimate of drug-likeness (QED) is 0.675. The predicted octanol–water partition coefficient (Wildman–Crippen LogP) is 2.66. The third-order valence-corrected chi connectivity index (χ3v) is 4.74. The Morgan fingerprint density at radius 2 is 1.90 bits per heavy atom. The number of fused-ring (bicyclic) bond motifs is 1. The van der Waals surface area contributed by atoms with Crippen molar-refractivity contribution in [2.45, 2.75) is 12.5 Å². The lowest BCUT2D eigenvalue weighted by atomic mass is 10.0. The highest BCUT2D eigenvalue weighted by Gasteiger charge is 2.26. The molecule has 4 rings (SSSR count). The zero-order valence-electron chi connectivity index (χ0n) is 15.8. The number of ether oxygens (including phenoxy) is 2. The Hall–Kier alpha value is -3.74. The van der Waals surface area contributed by atoms with E-state index in [9.17, 15) is 9.59 Å². The molecule has 1 aromatic heterocycles. The topological polar surface area (TPSA) is 90.4 Å². The van der Waals surface area contributed by atoms with Crippen LogP contribution in [0, 0.1) is 0 Å². The van der Waals surface area contributed by atoms with E-state index in [2.05, 4.69) is 15.3 Å². The standard InChI is InChI=1S/C22H19N3O4/c1-28-22(27)16-6-2-5-15(8-16)21(26)25-12-18-9-14-4-3-7-19(20(14)29-18)17-10-23-13-24-11-17/h2-8,10-11,13,18H,9,12H2,1H3,(H,25,26)/t18-/m1/s1. The minimum Gasteiger partial charge on any atom is -0.487 e. The lowest BCUT2D eigenvalue weighted by Crippen LogP contribution is -2.34. The highest BCUT2D eigenvalue weighted by Crippen LogP contribution is 2.38. The molecule has 146 valence electrons. The first kappa shape index (κ1) is 18.6. The predicted molar refractivity (Wildman–Crippen MR) is 106 cm³/mol. The maximum atomic E-state index is 12.5. The normalized spacial score (nSPS) is 14.6. The van der Waals surface area contributed by atoms with Gasteiger partial charge in [0.2, 0.25) is 0 Å². The Morgan fingerprint density at radius 3 is 2.69 bits per heavy atom. The second-order valence-electron chi connectivity index (χ2n) is 6.65. The molecule has 0 bridgehead atoms. The van der Waals surface area contributed by atoms with Gasteiger partial charge < -0.3 is 14.8 Å². The van der Waals surface area contributed by atoms with Crippen molar-refractivity contribution in [3.63, 3.8) is 0 Å². The first-order valence-electron chi connectivity index (χ1n) is 9.16. The molecular weight excluding hydrogens is 370 g/mol. The van der Waals surface area contributed by atoms with Gasteiger partial charge in [0.25, 0.3) is 5.91 Å². The van der Waals surface area contributed by atoms with Gasteiger partial charge in [0.1, 0.15) is 18.2 Å². The Kier molecular flexibility index (Phi) is 5.20. The third-order valence-electron chi connectivity index (χ3n) is 4.74. The van der Waals surface area contributed by atoms with E-state index in [1.54, 1.807) is 30.6 Å². The summed E-state index contributed by atoms with van der Waals surface area (Å²) in [6.07, 6.45) is 5.49. The number of carbonyl (C=O) groups is 2. The molecule has 0 aliphatic carbocycles. The number of rotatable bonds is 5. The second-order valence-corrected chi connectivity index (χ2v) is 6.65. The van der Waals surface area contributed by atoms with Crippen LogP contribution in [0.25, 0.3) is 11.1 Å². The molecule has 2 aromatic carbocycles. The molecule has 7 heteroatoms. The number of para-hydroxylation sites is 1. The van der Waals surface area contributed by atoms with E-state index in [0.29, 0.717) is 24.1 Å². The van der Waals surface area contributed by atoms with Gasteiger partial charge in [-0.25, -0.2) is 14.8 Å². The summed E-state index contributed by atoms with van der Waals surface area (Å²) >= 11 is 0. The molecule has 1 aliphatic heterocycles. The molecule has 1 atom stereocenters. The highest BCUT2D eigenvalue weighted by atomic mass is 16.5. The van der Waals surface area contributed by atoms with Crippen LogP contribution in [0.15, 0.2) is 61.2 Å². The first-order valence-corrected chi connectivity index (χ1v) is 9.16. The summed E-state index contributed by atoms with van der Waals surface area (Å²) < 4.78 is 10.8. The molecule has 0 unspecified atom stereocenters. The number of hydrogen-bond acceptors (Lipinski definition) is 6. The number of benzene rings is 2. The fraction of sp³-hybridized carbons (Fsp3) is 0.182. The molecule has 0 fully saturated rings. The van der Waals surface area contributed by atoms with Gasteiger partial charge in [-0.3, -0.25) is 4.79 Å². The fourth-order valence-electron chi connectivity index (χ4n) is 3.33. The van der Waals surface area contributed by atoms with Crippen molar-refractivity contribution in [1.29, 1.82) is 0 Å². The minimum atomic E-state index is -0.480. The Morgan fingerprint density at radius 1 is 1.14 bits per heavy atom. The fourth-order valence-corrected chi connectivity index (χ4v) is 3.33. The van der Waals surface area contributed by atoms with Gasteiger partial charge in [-0.2, -0.15) is 0 Å². The van der Waals surface area contributed by atoms with Crippen LogP contribution in [0.3, 0.4) is 0 Å². The molecule has 0 saturated heterocycles. The van der Waals surface area contributed by atoms with Crippen molar-refractivity contribution in [2.24, 2.45) is 0 Å². The summed E-state index contributed by atoms with van der Waals surface area (Å²) in [7, 11) is 1.31. The Bertz CT molecular complexity index is 1050. The summed E-state index contributed by atoms with van der Waals surface area (Å²) in [4.78, 5) is 32.3. The van der Waals surface area contributed by atoms with Gasteiger partial charge >= 0.3 is 5.97 Å². The lowest BCUT2D eigenvalue weighted by Gasteiger charge is -2.13. The summed E-state index contributed by atoms with van der Waals surface area (Å²) in [6, 6.07) is 12.4. The number of methoxy groups -OCH3 is 1. The number of esters is 1. The number of nitrogens with one attached hydrogen (secondary N) is 1. The van der Waals surface area contributed by atoms with Crippen molar-refractivity contribution in [1.82, 2.24) is 15.3 Å². The monoisotopic (exact) mass is 389 g/mol. The molecule has 0 spiro atoms. The van der Waals surface area contributed by atoms with E-state index < -0.39 is 5.97 Å². The van der Waals surface area contributed by atoms with E-state index in [-0.39, 0.29) is 12.0 Å². The summed E-state index contributed by atoms with van der Waals surface area (Å²) in [5, 5.41) is 2.88. The van der Waals surface area contributed by atoms with Crippen molar-refractivity contribution in [3.05, 3.63) is 77.9 Å². The van der Waals surface area contributed by atoms with E-state index in [1.807, 2.05) is 18.2 Å². The average Bonchev–Trinajstić information content (AvgIpc) is 3.20. The second kappa shape index (κ2) is 8.10. The summed E-state index contributed by atoms with van der Waals surface area (Å²) in [6.45, 7) is 0.348. The van der Waals surface area contributed by atoms with Crippen LogP contribution in [-0.4, -0.2) is 41.6 Å². The molecule has 3 aromatic rings. The van der Waals surface area contributed by atoms with Crippen LogP contribution in [0.2, 0.25) is 0 Å². The first-order chi connectivity index (χ1) is 14.2. The van der Waals surface area contributed by atoms with Crippen molar-refractivity contribution in [2.75, 3.05) is 13.7 Å². The van der Waals surface area contributed by atoms with Crippen LogP contribution in [-0.2, 0) is 11.2 Å². The van der Waals surface area contributed by atoms with E-state index >= 15 is 0 Å². The van der Waals surface area contributed by atoms with Gasteiger partial charge in [0.05, 0.1) is 19.2 Å². The summed E-state index contributed by atoms with van der Waals surface area (Å²) in [5.74, 6) is 0.0490. The summed E-state index contributed by atoms with van der Waals surface area (Å²) in [5.41, 5.74) is 3.62. The smallest absolute Gasteiger partial charge is 0.337 e. The van der Waals surface area contributed by atoms with Gasteiger partial charge in [-0.05, 0) is 23.8 Å². The number of hydrogen-bond donors (Lipinski definition) is 1. The molecular formula is C22H19N3O4. The highest BCUT2D eigenvalue weighted by molar-refractivity contribution is 5.97. The van der Waals surface area contributed by atoms with Gasteiger partial charge in [0, 0.05) is 35.5 Å². The van der Waals surface area contributed by atoms with Crippen molar-refractivity contribution >= 4 is 11.9 Å². The molecule has 1 amide bonds. The zero-order chi connectivity index (χ0) is 20.2. The van der Waals surface area contributed by atoms with Crippen LogP contribution in [0.1, 0.15) is 26.3 Å². The molecule has 7 nitrogen and oxygen atoms in total. The molecule has 1 aliphatic rings. The number of carbonyl (C=O) groups excluding carboxylic acids is 2. The molecule has 0 radical (unpaired) electrons. The third kappa shape index (κ3) is 3.94. The molecule has 0 saturated carbocycles. The number of aromatic nitrogens is 2. The van der Waals surface area contributed by atoms with E-state index in [4.69, 9.17) is 9.47 Å². The lowest BCUT2D eigenvalue weighted by molar-refractivity contribution is 0.0600. The van der Waals surface area contributed by atoms with Gasteiger partial charge in [-0.15, -0.1) is 0 Å². The maximum absolute atomic E-state index is 12.5. The molecule has 2 heterocycles. The zero-order valence-corrected chi connectivity index (χ0v) is 15.8. The van der Waals surface area contributed by atoms with Crippen LogP contribution in [0.4, 0.5) is 0 Å². The van der Waals surface area contributed by atoms with Crippen molar-refractivity contribution in [3.8, 4) is 16.9 Å². The Balaban J connectivity index is 1.43. The average molecular weight is 389 g/mol. The minimum absolute atomic E-state index is 0.177. The van der Waals surface area contributed by atoms with Crippen LogP contribution in [0.5, 0.6) is 5.75 Å². The SMILES string of the molecule is COC(=O)c1cccc(C(=O)NC[C@H]2Cc3cccc(-c4cncnc4)c3O2)c1. The maximum Gasteiger partial charge on any atom is 0.337 e. The van der Waals surface area contributed by atoms with Gasteiger partial charge in [-0.1, -0.05) is 24.3 Å². The van der Waals surface area contributed by atoms with Gasteiger partial charge in [0.15, 0.2) is 0 Å². The molecule has 1 N–H and O–H groups in total. The largest absolute Gasteiger partial charge is 0.487 e.